The summed E-state index contributed by atoms with van der Waals surface area (Å²) in [6.45, 7) is 1.32. The zero-order chi connectivity index (χ0) is 22.3. The number of carbonyl (C=O) groups is 1. The summed E-state index contributed by atoms with van der Waals surface area (Å²) in [4.78, 5) is 37.5. The quantitative estimate of drug-likeness (QED) is 0.430. The van der Waals surface area contributed by atoms with E-state index in [4.69, 9.17) is 0 Å². The number of rotatable bonds is 7. The topological polar surface area (TPSA) is 126 Å². The Morgan fingerprint density at radius 3 is 2.50 bits per heavy atom. The molecule has 0 spiro atoms. The van der Waals surface area contributed by atoms with Gasteiger partial charge in [0.1, 0.15) is 12.0 Å². The van der Waals surface area contributed by atoms with Crippen LogP contribution in [0.2, 0.25) is 0 Å². The molecular weight excluding hydrogens is 410 g/mol. The van der Waals surface area contributed by atoms with E-state index in [1.807, 2.05) is 23.1 Å². The molecule has 0 radical (unpaired) electrons. The van der Waals surface area contributed by atoms with Crippen molar-refractivity contribution in [3.05, 3.63) is 82.4 Å². The molecule has 164 valence electrons. The lowest BCUT2D eigenvalue weighted by molar-refractivity contribution is -0.383. The highest BCUT2D eigenvalue weighted by molar-refractivity contribution is 5.93. The van der Waals surface area contributed by atoms with E-state index in [9.17, 15) is 14.9 Å². The number of piperidine rings is 1. The van der Waals surface area contributed by atoms with Crippen molar-refractivity contribution in [2.75, 3.05) is 23.4 Å². The minimum atomic E-state index is -0.527. The number of nitrogens with one attached hydrogen (secondary N) is 2. The first-order chi connectivity index (χ1) is 15.6. The van der Waals surface area contributed by atoms with Crippen LogP contribution in [0.1, 0.15) is 28.9 Å². The summed E-state index contributed by atoms with van der Waals surface area (Å²) in [7, 11) is 0. The first-order valence-electron chi connectivity index (χ1n) is 10.4. The molecule has 1 aromatic carbocycles. The van der Waals surface area contributed by atoms with Gasteiger partial charge >= 0.3 is 5.69 Å². The second-order valence-electron chi connectivity index (χ2n) is 7.57. The molecule has 2 aromatic heterocycles. The summed E-state index contributed by atoms with van der Waals surface area (Å²) < 4.78 is 0. The molecule has 3 aromatic rings. The zero-order valence-corrected chi connectivity index (χ0v) is 17.3. The van der Waals surface area contributed by atoms with Gasteiger partial charge in [-0.25, -0.2) is 9.97 Å². The molecule has 0 saturated carbocycles. The zero-order valence-electron chi connectivity index (χ0n) is 17.3. The van der Waals surface area contributed by atoms with E-state index < -0.39 is 10.8 Å². The standard InChI is InChI=1S/C22H23N7O3/c30-22(18-8-4-5-11-23-18)27-26-20-19(29(31)32)21(25-15-24-20)28-12-9-17(10-13-28)14-16-6-2-1-3-7-16/h1-8,11,15,17H,9-10,12-14H2,(H,27,30)(H,24,25,26). The van der Waals surface area contributed by atoms with Crippen molar-refractivity contribution in [1.29, 1.82) is 0 Å². The smallest absolute Gasteiger partial charge is 0.351 e. The van der Waals surface area contributed by atoms with Gasteiger partial charge in [0.15, 0.2) is 0 Å². The van der Waals surface area contributed by atoms with E-state index in [2.05, 4.69) is 37.9 Å². The third-order valence-corrected chi connectivity index (χ3v) is 5.46. The third-order valence-electron chi connectivity index (χ3n) is 5.46. The molecule has 0 unspecified atom stereocenters. The van der Waals surface area contributed by atoms with Crippen LogP contribution in [-0.2, 0) is 6.42 Å². The molecule has 1 aliphatic heterocycles. The molecule has 1 fully saturated rings. The number of aromatic nitrogens is 3. The van der Waals surface area contributed by atoms with Gasteiger partial charge in [-0.2, -0.15) is 0 Å². The molecule has 10 nitrogen and oxygen atoms in total. The van der Waals surface area contributed by atoms with Crippen LogP contribution in [0.25, 0.3) is 0 Å². The SMILES string of the molecule is O=C(NNc1ncnc(N2CCC(Cc3ccccc3)CC2)c1[N+](=O)[O-])c1ccccn1. The average Bonchev–Trinajstić information content (AvgIpc) is 2.84. The first kappa shape index (κ1) is 21.2. The normalized spacial score (nSPS) is 14.1. The molecule has 0 bridgehead atoms. The lowest BCUT2D eigenvalue weighted by atomic mass is 9.90. The second-order valence-corrected chi connectivity index (χ2v) is 7.57. The lowest BCUT2D eigenvalue weighted by Crippen LogP contribution is -2.36. The summed E-state index contributed by atoms with van der Waals surface area (Å²) in [6, 6.07) is 15.2. The van der Waals surface area contributed by atoms with Crippen LogP contribution in [0.5, 0.6) is 0 Å². The van der Waals surface area contributed by atoms with Crippen LogP contribution in [0.15, 0.2) is 61.1 Å². The lowest BCUT2D eigenvalue weighted by Gasteiger charge is -2.32. The molecule has 1 aliphatic rings. The Morgan fingerprint density at radius 2 is 1.81 bits per heavy atom. The van der Waals surface area contributed by atoms with E-state index in [0.29, 0.717) is 19.0 Å². The fourth-order valence-corrected chi connectivity index (χ4v) is 3.83. The number of nitrogens with zero attached hydrogens (tertiary/aromatic N) is 5. The fourth-order valence-electron chi connectivity index (χ4n) is 3.83. The van der Waals surface area contributed by atoms with E-state index >= 15 is 0 Å². The Kier molecular flexibility index (Phi) is 6.49. The molecule has 1 saturated heterocycles. The molecule has 32 heavy (non-hydrogen) atoms. The highest BCUT2D eigenvalue weighted by atomic mass is 16.6. The number of benzene rings is 1. The maximum absolute atomic E-state index is 12.2. The van der Waals surface area contributed by atoms with E-state index in [1.54, 1.807) is 12.1 Å². The van der Waals surface area contributed by atoms with Crippen LogP contribution in [0.3, 0.4) is 0 Å². The highest BCUT2D eigenvalue weighted by Crippen LogP contribution is 2.34. The van der Waals surface area contributed by atoms with E-state index in [0.717, 1.165) is 19.3 Å². The summed E-state index contributed by atoms with van der Waals surface area (Å²) >= 11 is 0. The predicted molar refractivity (Wildman–Crippen MR) is 119 cm³/mol. The van der Waals surface area contributed by atoms with Gasteiger partial charge in [0.25, 0.3) is 5.91 Å². The van der Waals surface area contributed by atoms with Gasteiger partial charge in [0, 0.05) is 19.3 Å². The van der Waals surface area contributed by atoms with Crippen molar-refractivity contribution in [1.82, 2.24) is 20.4 Å². The first-order valence-corrected chi connectivity index (χ1v) is 10.4. The van der Waals surface area contributed by atoms with Crippen molar-refractivity contribution in [2.45, 2.75) is 19.3 Å². The van der Waals surface area contributed by atoms with Crippen molar-refractivity contribution in [3.63, 3.8) is 0 Å². The predicted octanol–water partition coefficient (Wildman–Crippen LogP) is 3.00. The minimum Gasteiger partial charge on any atom is -0.351 e. The van der Waals surface area contributed by atoms with Crippen molar-refractivity contribution < 1.29 is 9.72 Å². The van der Waals surface area contributed by atoms with Gasteiger partial charge < -0.3 is 4.90 Å². The molecule has 0 aliphatic carbocycles. The number of nitro groups is 1. The summed E-state index contributed by atoms with van der Waals surface area (Å²) in [5, 5.41) is 11.8. The number of anilines is 2. The van der Waals surface area contributed by atoms with Gasteiger partial charge in [-0.3, -0.25) is 30.7 Å². The minimum absolute atomic E-state index is 0.0734. The van der Waals surface area contributed by atoms with Gasteiger partial charge in [-0.05, 0) is 42.9 Å². The Hall–Kier alpha value is -4.08. The van der Waals surface area contributed by atoms with Crippen LogP contribution >= 0.6 is 0 Å². The van der Waals surface area contributed by atoms with Crippen LogP contribution in [-0.4, -0.2) is 38.9 Å². The summed E-state index contributed by atoms with van der Waals surface area (Å²) in [6.07, 6.45) is 5.56. The van der Waals surface area contributed by atoms with Gasteiger partial charge in [-0.1, -0.05) is 36.4 Å². The number of carbonyl (C=O) groups excluding carboxylic acids is 1. The average molecular weight is 433 g/mol. The fraction of sp³-hybridized carbons (Fsp3) is 0.273. The molecule has 2 N–H and O–H groups in total. The van der Waals surface area contributed by atoms with Crippen LogP contribution < -0.4 is 15.8 Å². The highest BCUT2D eigenvalue weighted by Gasteiger charge is 2.30. The van der Waals surface area contributed by atoms with Gasteiger partial charge in [-0.15, -0.1) is 0 Å². The van der Waals surface area contributed by atoms with Gasteiger partial charge in [0.2, 0.25) is 11.6 Å². The van der Waals surface area contributed by atoms with Crippen molar-refractivity contribution in [3.8, 4) is 0 Å². The number of hydrogen-bond donors (Lipinski definition) is 2. The van der Waals surface area contributed by atoms with E-state index in [1.165, 1.54) is 24.2 Å². The molecule has 10 heteroatoms. The Labute approximate surface area is 184 Å². The summed E-state index contributed by atoms with van der Waals surface area (Å²) in [5.74, 6) is 0.167. The van der Waals surface area contributed by atoms with Crippen LogP contribution in [0, 0.1) is 16.0 Å². The molecule has 0 atom stereocenters. The Morgan fingerprint density at radius 1 is 1.06 bits per heavy atom. The largest absolute Gasteiger partial charge is 0.355 e. The molecule has 1 amide bonds. The number of hydrogen-bond acceptors (Lipinski definition) is 8. The Bertz CT molecular complexity index is 1070. The number of hydrazine groups is 1. The molecule has 3 heterocycles. The van der Waals surface area contributed by atoms with Crippen LogP contribution in [0.4, 0.5) is 17.3 Å². The molecular formula is C22H23N7O3. The Balaban J connectivity index is 1.44. The number of pyridine rings is 1. The van der Waals surface area contributed by atoms with E-state index in [-0.39, 0.29) is 23.0 Å². The third kappa shape index (κ3) is 4.97. The second kappa shape index (κ2) is 9.82. The maximum atomic E-state index is 12.2. The van der Waals surface area contributed by atoms with Gasteiger partial charge in [0.05, 0.1) is 4.92 Å². The van der Waals surface area contributed by atoms with Crippen molar-refractivity contribution in [2.24, 2.45) is 5.92 Å². The monoisotopic (exact) mass is 433 g/mol. The maximum Gasteiger partial charge on any atom is 0.355 e. The molecule has 4 rings (SSSR count). The number of amides is 1. The summed E-state index contributed by atoms with van der Waals surface area (Å²) in [5.41, 5.74) is 6.18. The van der Waals surface area contributed by atoms with Crippen molar-refractivity contribution >= 4 is 23.2 Å².